The van der Waals surface area contributed by atoms with Crippen molar-refractivity contribution >= 4 is 21.6 Å². The Bertz CT molecular complexity index is 667. The number of hydrogen-bond acceptors (Lipinski definition) is 3. The van der Waals surface area contributed by atoms with E-state index in [1.807, 2.05) is 0 Å². The molecule has 1 N–H and O–H groups in total. The molecule has 1 aliphatic carbocycles. The minimum atomic E-state index is -3.51. The molecular formula is C19H29ClN2O2S. The van der Waals surface area contributed by atoms with Crippen LogP contribution in [-0.4, -0.2) is 38.5 Å². The van der Waals surface area contributed by atoms with Crippen molar-refractivity contribution in [2.24, 2.45) is 11.8 Å². The van der Waals surface area contributed by atoms with Gasteiger partial charge in [0.25, 0.3) is 0 Å². The molecule has 0 unspecified atom stereocenters. The Balaban J connectivity index is 1.75. The van der Waals surface area contributed by atoms with E-state index >= 15 is 0 Å². The maximum atomic E-state index is 12.8. The highest BCUT2D eigenvalue weighted by Crippen LogP contribution is 2.30. The molecule has 140 valence electrons. The third-order valence-corrected chi connectivity index (χ3v) is 7.28. The van der Waals surface area contributed by atoms with Gasteiger partial charge in [0, 0.05) is 30.2 Å². The van der Waals surface area contributed by atoms with E-state index in [2.05, 4.69) is 23.5 Å². The fourth-order valence-corrected chi connectivity index (χ4v) is 5.98. The summed E-state index contributed by atoms with van der Waals surface area (Å²) in [5, 5.41) is 0.547. The predicted octanol–water partition coefficient (Wildman–Crippen LogP) is 3.91. The van der Waals surface area contributed by atoms with Crippen LogP contribution in [0.3, 0.4) is 0 Å². The third kappa shape index (κ3) is 4.76. The predicted molar refractivity (Wildman–Crippen MR) is 102 cm³/mol. The standard InChI is InChI=1S/C19H29ClN2O2S/c1-14-11-15(2)13-22(12-14)19-6-4-3-5-18(19)21-25(23,24)17-9-7-16(20)8-10-17/h7-10,14-15,18-19,21H,3-6,11-13H2,1-2H3/t14-,15+,18-,19-/m1/s1. The quantitative estimate of drug-likeness (QED) is 0.856. The van der Waals surface area contributed by atoms with Crippen molar-refractivity contribution in [2.75, 3.05) is 13.1 Å². The number of likely N-dealkylation sites (tertiary alicyclic amines) is 1. The summed E-state index contributed by atoms with van der Waals surface area (Å²) in [5.74, 6) is 1.36. The van der Waals surface area contributed by atoms with Gasteiger partial charge in [-0.15, -0.1) is 0 Å². The fraction of sp³-hybridized carbons (Fsp3) is 0.684. The van der Waals surface area contributed by atoms with E-state index in [0.717, 1.165) is 32.4 Å². The summed E-state index contributed by atoms with van der Waals surface area (Å²) < 4.78 is 28.6. The van der Waals surface area contributed by atoms with Gasteiger partial charge in [-0.2, -0.15) is 0 Å². The third-order valence-electron chi connectivity index (χ3n) is 5.53. The molecule has 1 saturated heterocycles. The molecule has 3 rings (SSSR count). The lowest BCUT2D eigenvalue weighted by Gasteiger charge is -2.45. The number of benzene rings is 1. The van der Waals surface area contributed by atoms with Gasteiger partial charge < -0.3 is 0 Å². The van der Waals surface area contributed by atoms with E-state index < -0.39 is 10.0 Å². The maximum absolute atomic E-state index is 12.8. The van der Waals surface area contributed by atoms with Crippen LogP contribution >= 0.6 is 11.6 Å². The van der Waals surface area contributed by atoms with Gasteiger partial charge in [0.15, 0.2) is 0 Å². The molecule has 0 radical (unpaired) electrons. The largest absolute Gasteiger partial charge is 0.298 e. The Hall–Kier alpha value is -0.620. The molecule has 25 heavy (non-hydrogen) atoms. The second-order valence-electron chi connectivity index (χ2n) is 7.93. The zero-order valence-corrected chi connectivity index (χ0v) is 16.7. The first-order valence-corrected chi connectivity index (χ1v) is 11.2. The van der Waals surface area contributed by atoms with E-state index in [0.29, 0.717) is 27.8 Å². The highest BCUT2D eigenvalue weighted by Gasteiger charge is 2.36. The summed E-state index contributed by atoms with van der Waals surface area (Å²) in [7, 11) is -3.51. The van der Waals surface area contributed by atoms with Gasteiger partial charge in [0.1, 0.15) is 0 Å². The number of sulfonamides is 1. The number of nitrogens with one attached hydrogen (secondary N) is 1. The monoisotopic (exact) mass is 384 g/mol. The summed E-state index contributed by atoms with van der Waals surface area (Å²) in [6.07, 6.45) is 5.53. The molecule has 1 heterocycles. The molecule has 2 aliphatic rings. The molecule has 1 aromatic carbocycles. The number of nitrogens with zero attached hydrogens (tertiary/aromatic N) is 1. The molecule has 1 aliphatic heterocycles. The Morgan fingerprint density at radius 2 is 1.64 bits per heavy atom. The van der Waals surface area contributed by atoms with Crippen LogP contribution in [0.2, 0.25) is 5.02 Å². The van der Waals surface area contributed by atoms with E-state index in [-0.39, 0.29) is 6.04 Å². The summed E-state index contributed by atoms with van der Waals surface area (Å²) >= 11 is 5.88. The van der Waals surface area contributed by atoms with Crippen LogP contribution in [0.25, 0.3) is 0 Å². The van der Waals surface area contributed by atoms with Crippen LogP contribution in [0.15, 0.2) is 29.2 Å². The molecule has 0 bridgehead atoms. The summed E-state index contributed by atoms with van der Waals surface area (Å²) in [5.41, 5.74) is 0. The second kappa shape index (κ2) is 7.95. The number of rotatable bonds is 4. The van der Waals surface area contributed by atoms with Gasteiger partial charge in [0.2, 0.25) is 10.0 Å². The first-order chi connectivity index (χ1) is 11.8. The molecule has 2 fully saturated rings. The van der Waals surface area contributed by atoms with Crippen molar-refractivity contribution in [3.8, 4) is 0 Å². The Morgan fingerprint density at radius 3 is 2.28 bits per heavy atom. The molecule has 6 heteroatoms. The Morgan fingerprint density at radius 1 is 1.04 bits per heavy atom. The van der Waals surface area contributed by atoms with E-state index in [1.165, 1.54) is 12.8 Å². The minimum absolute atomic E-state index is 0.00747. The Kier molecular flexibility index (Phi) is 6.09. The topological polar surface area (TPSA) is 49.4 Å². The van der Waals surface area contributed by atoms with Crippen LogP contribution in [-0.2, 0) is 10.0 Å². The number of halogens is 1. The summed E-state index contributed by atoms with van der Waals surface area (Å²) in [4.78, 5) is 2.83. The molecule has 0 amide bonds. The van der Waals surface area contributed by atoms with Crippen molar-refractivity contribution in [2.45, 2.75) is 62.9 Å². The number of piperidine rings is 1. The maximum Gasteiger partial charge on any atom is 0.240 e. The van der Waals surface area contributed by atoms with Crippen molar-refractivity contribution in [1.29, 1.82) is 0 Å². The van der Waals surface area contributed by atoms with Crippen molar-refractivity contribution in [3.63, 3.8) is 0 Å². The summed E-state index contributed by atoms with van der Waals surface area (Å²) in [6, 6.07) is 6.71. The van der Waals surface area contributed by atoms with Crippen LogP contribution in [0.5, 0.6) is 0 Å². The first kappa shape index (κ1) is 19.2. The highest BCUT2D eigenvalue weighted by atomic mass is 35.5. The lowest BCUT2D eigenvalue weighted by molar-refractivity contribution is 0.0618. The lowest BCUT2D eigenvalue weighted by Crippen LogP contribution is -2.56. The number of hydrogen-bond donors (Lipinski definition) is 1. The van der Waals surface area contributed by atoms with Crippen LogP contribution < -0.4 is 4.72 Å². The van der Waals surface area contributed by atoms with Gasteiger partial charge in [-0.1, -0.05) is 38.3 Å². The van der Waals surface area contributed by atoms with Gasteiger partial charge in [-0.05, 0) is 55.4 Å². The molecular weight excluding hydrogens is 356 g/mol. The van der Waals surface area contributed by atoms with Gasteiger partial charge in [-0.25, -0.2) is 13.1 Å². The first-order valence-electron chi connectivity index (χ1n) is 9.37. The van der Waals surface area contributed by atoms with E-state index in [1.54, 1.807) is 24.3 Å². The van der Waals surface area contributed by atoms with Gasteiger partial charge in [-0.3, -0.25) is 4.90 Å². The molecule has 4 atom stereocenters. The molecule has 1 aromatic rings. The molecule has 0 spiro atoms. The van der Waals surface area contributed by atoms with Gasteiger partial charge >= 0.3 is 0 Å². The average Bonchev–Trinajstić information content (AvgIpc) is 2.54. The van der Waals surface area contributed by atoms with E-state index in [9.17, 15) is 8.42 Å². The SMILES string of the molecule is C[C@@H]1C[C@H](C)CN([C@@H]2CCCC[C@H]2NS(=O)(=O)c2ccc(Cl)cc2)C1. The van der Waals surface area contributed by atoms with Crippen LogP contribution in [0, 0.1) is 11.8 Å². The smallest absolute Gasteiger partial charge is 0.240 e. The zero-order valence-electron chi connectivity index (χ0n) is 15.1. The fourth-order valence-electron chi connectivity index (χ4n) is 4.55. The van der Waals surface area contributed by atoms with Gasteiger partial charge in [0.05, 0.1) is 4.90 Å². The van der Waals surface area contributed by atoms with Crippen LogP contribution in [0.4, 0.5) is 0 Å². The van der Waals surface area contributed by atoms with Crippen molar-refractivity contribution < 1.29 is 8.42 Å². The lowest BCUT2D eigenvalue weighted by atomic mass is 9.85. The van der Waals surface area contributed by atoms with Crippen LogP contribution in [0.1, 0.15) is 46.0 Å². The van der Waals surface area contributed by atoms with Crippen molar-refractivity contribution in [1.82, 2.24) is 9.62 Å². The second-order valence-corrected chi connectivity index (χ2v) is 10.1. The average molecular weight is 385 g/mol. The molecule has 4 nitrogen and oxygen atoms in total. The normalized spacial score (nSPS) is 31.8. The van der Waals surface area contributed by atoms with E-state index in [4.69, 9.17) is 11.6 Å². The van der Waals surface area contributed by atoms with Crippen molar-refractivity contribution in [3.05, 3.63) is 29.3 Å². The molecule has 0 aromatic heterocycles. The zero-order chi connectivity index (χ0) is 18.0. The molecule has 1 saturated carbocycles. The highest BCUT2D eigenvalue weighted by molar-refractivity contribution is 7.89. The Labute approximate surface area is 157 Å². The minimum Gasteiger partial charge on any atom is -0.298 e. The summed E-state index contributed by atoms with van der Waals surface area (Å²) in [6.45, 7) is 6.76.